The van der Waals surface area contributed by atoms with Crippen LogP contribution in [0.5, 0.6) is 0 Å². The summed E-state index contributed by atoms with van der Waals surface area (Å²) in [7, 11) is 0. The molecule has 1 unspecified atom stereocenters. The second-order valence-corrected chi connectivity index (χ2v) is 3.88. The van der Waals surface area contributed by atoms with Gasteiger partial charge < -0.3 is 14.8 Å². The second kappa shape index (κ2) is 8.23. The summed E-state index contributed by atoms with van der Waals surface area (Å²) in [6, 6.07) is 10.7. The first-order chi connectivity index (χ1) is 8.27. The first-order valence-electron chi connectivity index (χ1n) is 6.29. The van der Waals surface area contributed by atoms with Crippen LogP contribution in [0, 0.1) is 0 Å². The summed E-state index contributed by atoms with van der Waals surface area (Å²) in [5, 5.41) is 3.42. The van der Waals surface area contributed by atoms with E-state index in [1.807, 2.05) is 19.9 Å². The average Bonchev–Trinajstić information content (AvgIpc) is 2.37. The summed E-state index contributed by atoms with van der Waals surface area (Å²) in [5.41, 5.74) is 1.28. The van der Waals surface area contributed by atoms with Crippen LogP contribution in [0.25, 0.3) is 0 Å². The molecule has 0 radical (unpaired) electrons. The Morgan fingerprint density at radius 1 is 1.06 bits per heavy atom. The highest BCUT2D eigenvalue weighted by atomic mass is 16.7. The van der Waals surface area contributed by atoms with E-state index in [4.69, 9.17) is 9.47 Å². The molecule has 1 aromatic rings. The highest BCUT2D eigenvalue weighted by molar-refractivity contribution is 5.17. The molecule has 3 nitrogen and oxygen atoms in total. The van der Waals surface area contributed by atoms with Crippen LogP contribution in [-0.4, -0.2) is 26.0 Å². The number of rotatable bonds is 8. The Balaban J connectivity index is 2.38. The summed E-state index contributed by atoms with van der Waals surface area (Å²) in [6.07, 6.45) is -0.156. The standard InChI is InChI=1S/C14H23NO2/c1-4-16-14(17-5-2)11-15-12(3)13-9-7-6-8-10-13/h6-10,12,14-15H,4-5,11H2,1-3H3. The molecule has 0 heterocycles. The molecule has 0 aliphatic rings. The number of hydrogen-bond acceptors (Lipinski definition) is 3. The minimum atomic E-state index is -0.156. The van der Waals surface area contributed by atoms with E-state index in [1.54, 1.807) is 0 Å². The van der Waals surface area contributed by atoms with E-state index >= 15 is 0 Å². The Morgan fingerprint density at radius 2 is 1.65 bits per heavy atom. The van der Waals surface area contributed by atoms with Gasteiger partial charge in [0.15, 0.2) is 6.29 Å². The molecule has 0 amide bonds. The second-order valence-electron chi connectivity index (χ2n) is 3.88. The first-order valence-corrected chi connectivity index (χ1v) is 6.29. The highest BCUT2D eigenvalue weighted by Crippen LogP contribution is 2.11. The van der Waals surface area contributed by atoms with E-state index in [2.05, 4.69) is 36.5 Å². The molecule has 0 bridgehead atoms. The monoisotopic (exact) mass is 237 g/mol. The van der Waals surface area contributed by atoms with Gasteiger partial charge in [-0.25, -0.2) is 0 Å². The van der Waals surface area contributed by atoms with Gasteiger partial charge in [0.25, 0.3) is 0 Å². The predicted octanol–water partition coefficient (Wildman–Crippen LogP) is 2.74. The van der Waals surface area contributed by atoms with Crippen LogP contribution < -0.4 is 5.32 Å². The van der Waals surface area contributed by atoms with Crippen LogP contribution in [0.2, 0.25) is 0 Å². The van der Waals surface area contributed by atoms with Crippen LogP contribution >= 0.6 is 0 Å². The maximum atomic E-state index is 5.48. The molecule has 1 aromatic carbocycles. The Labute approximate surface area is 104 Å². The van der Waals surface area contributed by atoms with Crippen LogP contribution in [0.1, 0.15) is 32.4 Å². The lowest BCUT2D eigenvalue weighted by atomic mass is 10.1. The molecule has 0 aliphatic carbocycles. The number of nitrogens with one attached hydrogen (secondary N) is 1. The Bertz CT molecular complexity index is 284. The van der Waals surface area contributed by atoms with Crippen molar-refractivity contribution in [1.82, 2.24) is 5.32 Å². The van der Waals surface area contributed by atoms with E-state index in [-0.39, 0.29) is 6.29 Å². The molecule has 0 aliphatic heterocycles. The zero-order chi connectivity index (χ0) is 12.5. The number of ether oxygens (including phenoxy) is 2. The lowest BCUT2D eigenvalue weighted by Gasteiger charge is -2.20. The fraction of sp³-hybridized carbons (Fsp3) is 0.571. The molecule has 0 spiro atoms. The van der Waals surface area contributed by atoms with Crippen LogP contribution in [0.4, 0.5) is 0 Å². The number of benzene rings is 1. The van der Waals surface area contributed by atoms with Gasteiger partial charge in [-0.3, -0.25) is 0 Å². The zero-order valence-electron chi connectivity index (χ0n) is 11.0. The van der Waals surface area contributed by atoms with Crippen molar-refractivity contribution in [1.29, 1.82) is 0 Å². The Morgan fingerprint density at radius 3 is 2.18 bits per heavy atom. The summed E-state index contributed by atoms with van der Waals surface area (Å²) >= 11 is 0. The predicted molar refractivity (Wildman–Crippen MR) is 69.9 cm³/mol. The topological polar surface area (TPSA) is 30.5 Å². The van der Waals surface area contributed by atoms with E-state index in [9.17, 15) is 0 Å². The van der Waals surface area contributed by atoms with Gasteiger partial charge in [-0.2, -0.15) is 0 Å². The molecule has 1 atom stereocenters. The third kappa shape index (κ3) is 5.31. The van der Waals surface area contributed by atoms with Crippen LogP contribution in [0.3, 0.4) is 0 Å². The molecule has 96 valence electrons. The zero-order valence-corrected chi connectivity index (χ0v) is 11.0. The molecule has 1 N–H and O–H groups in total. The van der Waals surface area contributed by atoms with E-state index in [1.165, 1.54) is 5.56 Å². The quantitative estimate of drug-likeness (QED) is 0.705. The van der Waals surface area contributed by atoms with Crippen molar-refractivity contribution in [2.75, 3.05) is 19.8 Å². The van der Waals surface area contributed by atoms with Crippen molar-refractivity contribution >= 4 is 0 Å². The Kier molecular flexibility index (Phi) is 6.86. The summed E-state index contributed by atoms with van der Waals surface area (Å²) in [4.78, 5) is 0. The van der Waals surface area contributed by atoms with Gasteiger partial charge in [-0.1, -0.05) is 30.3 Å². The number of hydrogen-bond donors (Lipinski definition) is 1. The van der Waals surface area contributed by atoms with E-state index < -0.39 is 0 Å². The van der Waals surface area contributed by atoms with Gasteiger partial charge in [0, 0.05) is 25.8 Å². The highest BCUT2D eigenvalue weighted by Gasteiger charge is 2.10. The van der Waals surface area contributed by atoms with Crippen LogP contribution in [-0.2, 0) is 9.47 Å². The molecule has 0 aromatic heterocycles. The fourth-order valence-corrected chi connectivity index (χ4v) is 1.67. The molecular formula is C14H23NO2. The molecule has 0 saturated heterocycles. The van der Waals surface area contributed by atoms with Gasteiger partial charge in [0.1, 0.15) is 0 Å². The van der Waals surface area contributed by atoms with Crippen molar-refractivity contribution in [3.8, 4) is 0 Å². The fourth-order valence-electron chi connectivity index (χ4n) is 1.67. The largest absolute Gasteiger partial charge is 0.352 e. The van der Waals surface area contributed by atoms with Gasteiger partial charge in [-0.15, -0.1) is 0 Å². The third-order valence-electron chi connectivity index (χ3n) is 2.60. The molecule has 3 heteroatoms. The van der Waals surface area contributed by atoms with Crippen molar-refractivity contribution < 1.29 is 9.47 Å². The van der Waals surface area contributed by atoms with Gasteiger partial charge in [-0.05, 0) is 26.3 Å². The van der Waals surface area contributed by atoms with Crippen molar-refractivity contribution in [2.24, 2.45) is 0 Å². The van der Waals surface area contributed by atoms with E-state index in [0.29, 0.717) is 25.8 Å². The minimum absolute atomic E-state index is 0.156. The lowest BCUT2D eigenvalue weighted by molar-refractivity contribution is -0.133. The van der Waals surface area contributed by atoms with Crippen molar-refractivity contribution in [3.05, 3.63) is 35.9 Å². The van der Waals surface area contributed by atoms with Crippen molar-refractivity contribution in [2.45, 2.75) is 33.1 Å². The summed E-state index contributed by atoms with van der Waals surface area (Å²) in [6.45, 7) is 8.15. The third-order valence-corrected chi connectivity index (χ3v) is 2.60. The van der Waals surface area contributed by atoms with Crippen LogP contribution in [0.15, 0.2) is 30.3 Å². The van der Waals surface area contributed by atoms with Gasteiger partial charge in [0.05, 0.1) is 0 Å². The summed E-state index contributed by atoms with van der Waals surface area (Å²) < 4.78 is 11.0. The molecule has 0 fully saturated rings. The minimum Gasteiger partial charge on any atom is -0.352 e. The lowest BCUT2D eigenvalue weighted by Crippen LogP contribution is -2.33. The van der Waals surface area contributed by atoms with Crippen molar-refractivity contribution in [3.63, 3.8) is 0 Å². The molecule has 0 saturated carbocycles. The normalized spacial score (nSPS) is 12.9. The smallest absolute Gasteiger partial charge is 0.169 e. The molecule has 1 rings (SSSR count). The van der Waals surface area contributed by atoms with Gasteiger partial charge in [0.2, 0.25) is 0 Å². The maximum absolute atomic E-state index is 5.48. The van der Waals surface area contributed by atoms with E-state index in [0.717, 1.165) is 0 Å². The molecule has 17 heavy (non-hydrogen) atoms. The summed E-state index contributed by atoms with van der Waals surface area (Å²) in [5.74, 6) is 0. The SMILES string of the molecule is CCOC(CNC(C)c1ccccc1)OCC. The van der Waals surface area contributed by atoms with Gasteiger partial charge >= 0.3 is 0 Å². The first kappa shape index (κ1) is 14.2. The average molecular weight is 237 g/mol. The Hall–Kier alpha value is -0.900. The molecular weight excluding hydrogens is 214 g/mol. The maximum Gasteiger partial charge on any atom is 0.169 e.